The van der Waals surface area contributed by atoms with E-state index in [2.05, 4.69) is 38.8 Å². The first-order valence-electron chi connectivity index (χ1n) is 9.45. The predicted molar refractivity (Wildman–Crippen MR) is 110 cm³/mol. The highest BCUT2D eigenvalue weighted by Gasteiger charge is 2.05. The molecule has 0 atom stereocenters. The average Bonchev–Trinajstić information content (AvgIpc) is 2.64. The van der Waals surface area contributed by atoms with Crippen LogP contribution in [0.4, 0.5) is 11.8 Å². The van der Waals surface area contributed by atoms with Crippen molar-refractivity contribution in [2.75, 3.05) is 23.7 Å². The second-order valence-corrected chi connectivity index (χ2v) is 7.24. The number of aryl methyl sites for hydroxylation is 1. The molecule has 3 rings (SSSR count). The van der Waals surface area contributed by atoms with Gasteiger partial charge >= 0.3 is 0 Å². The molecule has 0 radical (unpaired) electrons. The van der Waals surface area contributed by atoms with Crippen LogP contribution in [0.15, 0.2) is 42.0 Å². The minimum Gasteiger partial charge on any atom is -0.370 e. The van der Waals surface area contributed by atoms with E-state index in [1.165, 1.54) is 31.2 Å². The molecule has 1 heterocycles. The summed E-state index contributed by atoms with van der Waals surface area (Å²) in [5, 5.41) is 7.53. The van der Waals surface area contributed by atoms with Crippen LogP contribution in [0.5, 0.6) is 0 Å². The molecular formula is C21H27ClN4. The first-order chi connectivity index (χ1) is 12.7. The zero-order valence-corrected chi connectivity index (χ0v) is 16.1. The molecule has 138 valence electrons. The number of anilines is 2. The molecule has 0 spiro atoms. The average molecular weight is 371 g/mol. The molecule has 0 aliphatic heterocycles. The van der Waals surface area contributed by atoms with Gasteiger partial charge in [0.05, 0.1) is 0 Å². The van der Waals surface area contributed by atoms with Crippen molar-refractivity contribution in [3.05, 3.63) is 58.3 Å². The number of rotatable bonds is 8. The molecule has 0 bridgehead atoms. The van der Waals surface area contributed by atoms with Crippen molar-refractivity contribution in [3.8, 4) is 0 Å². The molecule has 5 heteroatoms. The number of benzene rings is 1. The number of hydrogen-bond donors (Lipinski definition) is 2. The first kappa shape index (κ1) is 18.7. The lowest BCUT2D eigenvalue weighted by Gasteiger charge is -2.13. The van der Waals surface area contributed by atoms with Crippen LogP contribution in [0.1, 0.15) is 43.4 Å². The highest BCUT2D eigenvalue weighted by molar-refractivity contribution is 6.30. The quantitative estimate of drug-likeness (QED) is 0.611. The summed E-state index contributed by atoms with van der Waals surface area (Å²) < 4.78 is 0. The number of nitrogens with one attached hydrogen (secondary N) is 2. The summed E-state index contributed by atoms with van der Waals surface area (Å²) in [6.45, 7) is 3.71. The van der Waals surface area contributed by atoms with Crippen LogP contribution in [0.2, 0.25) is 5.02 Å². The fourth-order valence-electron chi connectivity index (χ4n) is 3.19. The van der Waals surface area contributed by atoms with Gasteiger partial charge in [0.1, 0.15) is 5.82 Å². The molecule has 26 heavy (non-hydrogen) atoms. The Morgan fingerprint density at radius 2 is 1.81 bits per heavy atom. The molecule has 0 saturated carbocycles. The third-order valence-corrected chi connectivity index (χ3v) is 4.85. The van der Waals surface area contributed by atoms with E-state index in [9.17, 15) is 0 Å². The number of aromatic nitrogens is 2. The van der Waals surface area contributed by atoms with Crippen LogP contribution in [0, 0.1) is 6.92 Å². The van der Waals surface area contributed by atoms with Crippen LogP contribution in [-0.4, -0.2) is 23.1 Å². The summed E-state index contributed by atoms with van der Waals surface area (Å²) in [5.74, 6) is 1.57. The van der Waals surface area contributed by atoms with E-state index in [-0.39, 0.29) is 0 Å². The minimum absolute atomic E-state index is 0.704. The standard InChI is InChI=1S/C21H27ClN4/c1-16-15-20(23-13-11-18-7-9-19(22)10-8-18)26-21(25-16)24-14-12-17-5-3-2-4-6-17/h5,7-10,15H,2-4,6,11-14H2,1H3,(H2,23,24,25,26). The molecule has 1 aliphatic rings. The molecule has 0 amide bonds. The number of nitrogens with zero attached hydrogens (tertiary/aromatic N) is 2. The Labute approximate surface area is 161 Å². The molecular weight excluding hydrogens is 344 g/mol. The SMILES string of the molecule is Cc1cc(NCCc2ccc(Cl)cc2)nc(NCCC2=CCCCC2)n1. The van der Waals surface area contributed by atoms with E-state index in [4.69, 9.17) is 11.6 Å². The molecule has 2 aromatic rings. The molecule has 4 nitrogen and oxygen atoms in total. The van der Waals surface area contributed by atoms with Gasteiger partial charge in [-0.1, -0.05) is 35.4 Å². The lowest BCUT2D eigenvalue weighted by atomic mass is 9.97. The van der Waals surface area contributed by atoms with E-state index < -0.39 is 0 Å². The van der Waals surface area contributed by atoms with Gasteiger partial charge in [-0.2, -0.15) is 4.98 Å². The Morgan fingerprint density at radius 3 is 2.58 bits per heavy atom. The van der Waals surface area contributed by atoms with Gasteiger partial charge in [-0.15, -0.1) is 0 Å². The Balaban J connectivity index is 1.48. The predicted octanol–water partition coefficient (Wildman–Crippen LogP) is 5.40. The third kappa shape index (κ3) is 6.03. The lowest BCUT2D eigenvalue weighted by Crippen LogP contribution is -2.11. The molecule has 1 aromatic heterocycles. The maximum Gasteiger partial charge on any atom is 0.224 e. The Bertz CT molecular complexity index is 740. The van der Waals surface area contributed by atoms with Crippen molar-refractivity contribution >= 4 is 23.4 Å². The van der Waals surface area contributed by atoms with Gasteiger partial charge in [-0.3, -0.25) is 0 Å². The van der Waals surface area contributed by atoms with E-state index in [0.717, 1.165) is 42.5 Å². The summed E-state index contributed by atoms with van der Waals surface area (Å²) in [6.07, 6.45) is 9.54. The fourth-order valence-corrected chi connectivity index (χ4v) is 3.32. The fraction of sp³-hybridized carbons (Fsp3) is 0.429. The van der Waals surface area contributed by atoms with Gasteiger partial charge in [0, 0.05) is 29.9 Å². The topological polar surface area (TPSA) is 49.8 Å². The summed E-state index contributed by atoms with van der Waals surface area (Å²) >= 11 is 5.92. The van der Waals surface area contributed by atoms with Crippen molar-refractivity contribution in [3.63, 3.8) is 0 Å². The molecule has 2 N–H and O–H groups in total. The third-order valence-electron chi connectivity index (χ3n) is 4.60. The zero-order chi connectivity index (χ0) is 18.2. The van der Waals surface area contributed by atoms with Gasteiger partial charge in [0.25, 0.3) is 0 Å². The first-order valence-corrected chi connectivity index (χ1v) is 9.82. The molecule has 1 aromatic carbocycles. The number of allylic oxidation sites excluding steroid dienone is 1. The van der Waals surface area contributed by atoms with Crippen molar-refractivity contribution in [2.45, 2.75) is 45.4 Å². The normalized spacial score (nSPS) is 14.0. The lowest BCUT2D eigenvalue weighted by molar-refractivity contribution is 0.679. The number of hydrogen-bond acceptors (Lipinski definition) is 4. The molecule has 0 saturated heterocycles. The van der Waals surface area contributed by atoms with E-state index in [1.807, 2.05) is 25.1 Å². The highest BCUT2D eigenvalue weighted by Crippen LogP contribution is 2.20. The Hall–Kier alpha value is -2.07. The van der Waals surface area contributed by atoms with Gasteiger partial charge in [0.15, 0.2) is 0 Å². The summed E-state index contributed by atoms with van der Waals surface area (Å²) in [4.78, 5) is 9.08. The maximum absolute atomic E-state index is 5.92. The van der Waals surface area contributed by atoms with Gasteiger partial charge in [0.2, 0.25) is 5.95 Å². The van der Waals surface area contributed by atoms with Crippen molar-refractivity contribution in [2.24, 2.45) is 0 Å². The van der Waals surface area contributed by atoms with Crippen LogP contribution in [0.25, 0.3) is 0 Å². The van der Waals surface area contributed by atoms with Crippen LogP contribution in [0.3, 0.4) is 0 Å². The van der Waals surface area contributed by atoms with Crippen LogP contribution < -0.4 is 10.6 Å². The number of halogens is 1. The second-order valence-electron chi connectivity index (χ2n) is 6.81. The second kappa shape index (κ2) is 9.58. The largest absolute Gasteiger partial charge is 0.370 e. The maximum atomic E-state index is 5.92. The van der Waals surface area contributed by atoms with Gasteiger partial charge < -0.3 is 10.6 Å². The van der Waals surface area contributed by atoms with Gasteiger partial charge in [-0.25, -0.2) is 4.98 Å². The minimum atomic E-state index is 0.704. The van der Waals surface area contributed by atoms with Crippen molar-refractivity contribution in [1.82, 2.24) is 9.97 Å². The molecule has 0 unspecified atom stereocenters. The Morgan fingerprint density at radius 1 is 1.00 bits per heavy atom. The van der Waals surface area contributed by atoms with E-state index >= 15 is 0 Å². The van der Waals surface area contributed by atoms with Gasteiger partial charge in [-0.05, 0) is 63.1 Å². The summed E-state index contributed by atoms with van der Waals surface area (Å²) in [5.41, 5.74) is 3.79. The van der Waals surface area contributed by atoms with Crippen molar-refractivity contribution < 1.29 is 0 Å². The molecule has 1 aliphatic carbocycles. The van der Waals surface area contributed by atoms with Crippen LogP contribution >= 0.6 is 11.6 Å². The summed E-state index contributed by atoms with van der Waals surface area (Å²) in [6, 6.07) is 9.95. The Kier molecular flexibility index (Phi) is 6.89. The highest BCUT2D eigenvalue weighted by atomic mass is 35.5. The zero-order valence-electron chi connectivity index (χ0n) is 15.4. The summed E-state index contributed by atoms with van der Waals surface area (Å²) in [7, 11) is 0. The van der Waals surface area contributed by atoms with E-state index in [0.29, 0.717) is 5.95 Å². The smallest absolute Gasteiger partial charge is 0.224 e. The molecule has 0 fully saturated rings. The monoisotopic (exact) mass is 370 g/mol. The van der Waals surface area contributed by atoms with Crippen LogP contribution in [-0.2, 0) is 6.42 Å². The van der Waals surface area contributed by atoms with E-state index in [1.54, 1.807) is 5.57 Å². The van der Waals surface area contributed by atoms with Crippen molar-refractivity contribution in [1.29, 1.82) is 0 Å².